The van der Waals surface area contributed by atoms with Gasteiger partial charge in [0, 0.05) is 31.3 Å². The number of aryl methyl sites for hydroxylation is 1. The van der Waals surface area contributed by atoms with Crippen molar-refractivity contribution in [1.29, 1.82) is 0 Å². The minimum Gasteiger partial charge on any atom is -0.461 e. The summed E-state index contributed by atoms with van der Waals surface area (Å²) < 4.78 is 20.3. The topological polar surface area (TPSA) is 70.0 Å². The number of carbonyl (C=O) groups is 2. The SMILES string of the molecule is CC(=O)OCc1c(B2OC(C)(C)C(C)(C)O2)cccc1N1CCn2c(cc3c2CCCCC3)C1=O. The first-order valence-electron chi connectivity index (χ1n) is 12.7. The lowest BCUT2D eigenvalue weighted by molar-refractivity contribution is -0.142. The zero-order chi connectivity index (χ0) is 25.0. The van der Waals surface area contributed by atoms with E-state index in [0.717, 1.165) is 41.8 Å². The molecule has 3 aliphatic rings. The maximum atomic E-state index is 13.8. The van der Waals surface area contributed by atoms with Crippen molar-refractivity contribution in [3.63, 3.8) is 0 Å². The fourth-order valence-electron chi connectivity index (χ4n) is 5.41. The molecule has 0 atom stereocenters. The van der Waals surface area contributed by atoms with E-state index in [0.29, 0.717) is 6.54 Å². The van der Waals surface area contributed by atoms with E-state index in [1.807, 2.05) is 50.8 Å². The van der Waals surface area contributed by atoms with Crippen LogP contribution >= 0.6 is 0 Å². The number of amides is 1. The van der Waals surface area contributed by atoms with Crippen molar-refractivity contribution in [3.8, 4) is 0 Å². The molecule has 3 heterocycles. The summed E-state index contributed by atoms with van der Waals surface area (Å²) in [6.07, 6.45) is 5.68. The van der Waals surface area contributed by atoms with Crippen LogP contribution < -0.4 is 10.4 Å². The fraction of sp³-hybridized carbons (Fsp3) is 0.556. The molecule has 0 bridgehead atoms. The zero-order valence-electron chi connectivity index (χ0n) is 21.5. The van der Waals surface area contributed by atoms with E-state index < -0.39 is 18.3 Å². The number of ether oxygens (including phenoxy) is 1. The molecule has 5 rings (SSSR count). The molecule has 35 heavy (non-hydrogen) atoms. The highest BCUT2D eigenvalue weighted by Crippen LogP contribution is 2.38. The third kappa shape index (κ3) is 4.21. The van der Waals surface area contributed by atoms with E-state index in [1.165, 1.54) is 37.4 Å². The summed E-state index contributed by atoms with van der Waals surface area (Å²) in [5, 5.41) is 0. The van der Waals surface area contributed by atoms with Gasteiger partial charge in [-0.25, -0.2) is 0 Å². The van der Waals surface area contributed by atoms with Crippen LogP contribution in [0.4, 0.5) is 5.69 Å². The Morgan fingerprint density at radius 1 is 1.06 bits per heavy atom. The van der Waals surface area contributed by atoms with Crippen LogP contribution in [0.15, 0.2) is 24.3 Å². The van der Waals surface area contributed by atoms with Gasteiger partial charge in [0.25, 0.3) is 5.91 Å². The summed E-state index contributed by atoms with van der Waals surface area (Å²) in [6, 6.07) is 7.88. The van der Waals surface area contributed by atoms with E-state index in [1.54, 1.807) is 0 Å². The Morgan fingerprint density at radius 2 is 1.77 bits per heavy atom. The maximum absolute atomic E-state index is 13.8. The molecule has 1 amide bonds. The monoisotopic (exact) mass is 478 g/mol. The van der Waals surface area contributed by atoms with Crippen molar-refractivity contribution in [1.82, 2.24) is 4.57 Å². The first-order valence-corrected chi connectivity index (χ1v) is 12.7. The number of benzene rings is 1. The van der Waals surface area contributed by atoms with Gasteiger partial charge in [0.2, 0.25) is 0 Å². The summed E-state index contributed by atoms with van der Waals surface area (Å²) >= 11 is 0. The van der Waals surface area contributed by atoms with Crippen molar-refractivity contribution < 1.29 is 23.6 Å². The summed E-state index contributed by atoms with van der Waals surface area (Å²) in [5.74, 6) is -0.387. The molecule has 1 fully saturated rings. The number of carbonyl (C=O) groups excluding carboxylic acids is 2. The largest absolute Gasteiger partial charge is 0.495 e. The van der Waals surface area contributed by atoms with E-state index >= 15 is 0 Å². The van der Waals surface area contributed by atoms with Crippen molar-refractivity contribution in [2.45, 2.75) is 91.1 Å². The van der Waals surface area contributed by atoms with Gasteiger partial charge in [-0.05, 0) is 76.5 Å². The summed E-state index contributed by atoms with van der Waals surface area (Å²) in [5.41, 5.74) is 4.66. The molecule has 0 unspecified atom stereocenters. The van der Waals surface area contributed by atoms with Crippen molar-refractivity contribution in [2.24, 2.45) is 0 Å². The fourth-order valence-corrected chi connectivity index (χ4v) is 5.41. The second-order valence-electron chi connectivity index (χ2n) is 10.9. The van der Waals surface area contributed by atoms with E-state index in [4.69, 9.17) is 14.0 Å². The zero-order valence-corrected chi connectivity index (χ0v) is 21.5. The lowest BCUT2D eigenvalue weighted by atomic mass is 9.75. The van der Waals surface area contributed by atoms with Crippen LogP contribution in [0.3, 0.4) is 0 Å². The molecule has 2 aromatic rings. The average molecular weight is 478 g/mol. The number of nitrogens with zero attached hydrogens (tertiary/aromatic N) is 2. The highest BCUT2D eigenvalue weighted by molar-refractivity contribution is 6.62. The number of rotatable bonds is 4. The number of aromatic nitrogens is 1. The van der Waals surface area contributed by atoms with Crippen LogP contribution in [0.1, 0.15) is 81.2 Å². The molecular weight excluding hydrogens is 443 g/mol. The Kier molecular flexibility index (Phi) is 6.08. The molecule has 0 radical (unpaired) electrons. The van der Waals surface area contributed by atoms with Crippen LogP contribution in [0.25, 0.3) is 0 Å². The molecule has 1 saturated heterocycles. The van der Waals surface area contributed by atoms with Gasteiger partial charge in [-0.15, -0.1) is 0 Å². The number of hydrogen-bond donors (Lipinski definition) is 0. The number of anilines is 1. The Labute approximate surface area is 207 Å². The van der Waals surface area contributed by atoms with Gasteiger partial charge in [-0.1, -0.05) is 18.6 Å². The highest BCUT2D eigenvalue weighted by Gasteiger charge is 2.52. The highest BCUT2D eigenvalue weighted by atomic mass is 16.7. The first kappa shape index (κ1) is 24.1. The second kappa shape index (κ2) is 8.82. The van der Waals surface area contributed by atoms with Gasteiger partial charge < -0.3 is 23.5 Å². The minimum atomic E-state index is -0.620. The van der Waals surface area contributed by atoms with Gasteiger partial charge in [0.15, 0.2) is 0 Å². The Balaban J connectivity index is 1.53. The maximum Gasteiger partial charge on any atom is 0.495 e. The standard InChI is InChI=1S/C27H35BN2O5/c1-18(31)33-17-20-21(28-34-26(2,3)27(4,5)35-28)11-9-13-23(20)30-15-14-29-22-12-8-6-7-10-19(22)16-24(29)25(30)32/h9,11,13,16H,6-8,10,12,14-15,17H2,1-5H3. The molecule has 0 N–H and O–H groups in total. The predicted molar refractivity (Wildman–Crippen MR) is 135 cm³/mol. The summed E-state index contributed by atoms with van der Waals surface area (Å²) in [6.45, 7) is 10.8. The van der Waals surface area contributed by atoms with E-state index in [9.17, 15) is 9.59 Å². The normalized spacial score (nSPS) is 20.9. The van der Waals surface area contributed by atoms with Gasteiger partial charge in [0.1, 0.15) is 12.3 Å². The average Bonchev–Trinajstić information content (AvgIpc) is 3.13. The van der Waals surface area contributed by atoms with Crippen LogP contribution in [0, 0.1) is 0 Å². The van der Waals surface area contributed by atoms with Gasteiger partial charge >= 0.3 is 13.1 Å². The molecule has 8 heteroatoms. The molecule has 0 spiro atoms. The predicted octanol–water partition coefficient (Wildman–Crippen LogP) is 3.78. The molecule has 1 aromatic carbocycles. The van der Waals surface area contributed by atoms with Crippen molar-refractivity contribution in [3.05, 3.63) is 46.8 Å². The Hall–Kier alpha value is -2.58. The van der Waals surface area contributed by atoms with Gasteiger partial charge in [-0.3, -0.25) is 9.59 Å². The summed E-state index contributed by atoms with van der Waals surface area (Å²) in [4.78, 5) is 27.3. The van der Waals surface area contributed by atoms with Gasteiger partial charge in [0.05, 0.1) is 16.9 Å². The third-order valence-corrected chi connectivity index (χ3v) is 8.07. The van der Waals surface area contributed by atoms with Crippen LogP contribution in [0.5, 0.6) is 0 Å². The third-order valence-electron chi connectivity index (χ3n) is 8.07. The van der Waals surface area contributed by atoms with Gasteiger partial charge in [-0.2, -0.15) is 0 Å². The van der Waals surface area contributed by atoms with Crippen LogP contribution in [-0.2, 0) is 44.8 Å². The molecular formula is C27H35BN2O5. The number of esters is 1. The molecule has 7 nitrogen and oxygen atoms in total. The van der Waals surface area contributed by atoms with Crippen molar-refractivity contribution >= 4 is 30.1 Å². The molecule has 2 aliphatic heterocycles. The quantitative estimate of drug-likeness (QED) is 0.380. The molecule has 186 valence electrons. The van der Waals surface area contributed by atoms with Crippen LogP contribution in [0.2, 0.25) is 0 Å². The van der Waals surface area contributed by atoms with E-state index in [2.05, 4.69) is 10.6 Å². The second-order valence-corrected chi connectivity index (χ2v) is 10.9. The number of fused-ring (bicyclic) bond motifs is 3. The lowest BCUT2D eigenvalue weighted by Gasteiger charge is -2.32. The van der Waals surface area contributed by atoms with E-state index in [-0.39, 0.29) is 18.5 Å². The lowest BCUT2D eigenvalue weighted by Crippen LogP contribution is -2.43. The number of hydrogen-bond acceptors (Lipinski definition) is 5. The minimum absolute atomic E-state index is 0.0144. The molecule has 0 saturated carbocycles. The Morgan fingerprint density at radius 3 is 2.49 bits per heavy atom. The van der Waals surface area contributed by atoms with Crippen molar-refractivity contribution in [2.75, 3.05) is 11.4 Å². The first-order chi connectivity index (χ1) is 16.6. The summed E-state index contributed by atoms with van der Waals surface area (Å²) in [7, 11) is -0.620. The molecule has 1 aromatic heterocycles. The Bertz CT molecular complexity index is 1150. The molecule has 1 aliphatic carbocycles. The smallest absolute Gasteiger partial charge is 0.461 e. The van der Waals surface area contributed by atoms with Crippen LogP contribution in [-0.4, -0.2) is 41.3 Å².